The van der Waals surface area contributed by atoms with E-state index in [1.54, 1.807) is 18.9 Å². The van der Waals surface area contributed by atoms with Crippen molar-refractivity contribution in [3.63, 3.8) is 0 Å². The van der Waals surface area contributed by atoms with Crippen molar-refractivity contribution in [2.24, 2.45) is 0 Å². The van der Waals surface area contributed by atoms with Gasteiger partial charge in [0.25, 0.3) is 0 Å². The van der Waals surface area contributed by atoms with Crippen molar-refractivity contribution in [3.05, 3.63) is 66.5 Å². The summed E-state index contributed by atoms with van der Waals surface area (Å²) in [6, 6.07) is 18.3. The van der Waals surface area contributed by atoms with Crippen molar-refractivity contribution >= 4 is 22.9 Å². The maximum absolute atomic E-state index is 6.01. The number of thioether (sulfide) groups is 1. The lowest BCUT2D eigenvalue weighted by atomic mass is 10.2. The van der Waals surface area contributed by atoms with Crippen molar-refractivity contribution in [1.82, 2.24) is 19.5 Å². The highest BCUT2D eigenvalue weighted by Crippen LogP contribution is 2.33. The molecule has 0 saturated carbocycles. The lowest BCUT2D eigenvalue weighted by Crippen LogP contribution is -2.17. The summed E-state index contributed by atoms with van der Waals surface area (Å²) in [7, 11) is 1.67. The maximum Gasteiger partial charge on any atom is 0.167 e. The fourth-order valence-electron chi connectivity index (χ4n) is 3.74. The molecule has 1 atom stereocenters. The smallest absolute Gasteiger partial charge is 0.167 e. The zero-order chi connectivity index (χ0) is 21.0. The molecule has 2 aromatic carbocycles. The summed E-state index contributed by atoms with van der Waals surface area (Å²) in [5.41, 5.74) is 3.84. The Bertz CT molecular complexity index is 1160. The topological polar surface area (TPSA) is 62.1 Å². The third-order valence-electron chi connectivity index (χ3n) is 5.42. The van der Waals surface area contributed by atoms with Crippen molar-refractivity contribution < 1.29 is 9.47 Å². The fourth-order valence-corrected chi connectivity index (χ4v) is 4.67. The first-order valence-corrected chi connectivity index (χ1v) is 11.5. The van der Waals surface area contributed by atoms with Crippen LogP contribution in [0.15, 0.2) is 66.0 Å². The van der Waals surface area contributed by atoms with Crippen LogP contribution in [0.2, 0.25) is 0 Å². The van der Waals surface area contributed by atoms with Gasteiger partial charge in [0.15, 0.2) is 11.5 Å². The summed E-state index contributed by atoms with van der Waals surface area (Å²) < 4.78 is 13.4. The fraction of sp³-hybridized carbons (Fsp3) is 0.292. The van der Waals surface area contributed by atoms with Gasteiger partial charge in [0, 0.05) is 17.9 Å². The predicted octanol–water partition coefficient (Wildman–Crippen LogP) is 5.49. The molecule has 1 saturated heterocycles. The van der Waals surface area contributed by atoms with Gasteiger partial charge in [-0.15, -0.1) is 0 Å². The Morgan fingerprint density at radius 2 is 1.90 bits per heavy atom. The molecule has 0 aliphatic carbocycles. The standard InChI is InChI=1S/C24H24N4O2S/c1-29-19-12-10-18(11-13-19)22-26-23-21(25-16-28(23)20-9-5-6-14-30-20)24(27-22)31-15-17-7-3-2-4-8-17/h2-4,7-8,10-13,16,20H,5-6,9,14-15H2,1H3. The number of hydrogen-bond acceptors (Lipinski definition) is 6. The summed E-state index contributed by atoms with van der Waals surface area (Å²) in [6.07, 6.45) is 5.05. The van der Waals surface area contributed by atoms with Gasteiger partial charge in [0.1, 0.15) is 22.5 Å². The zero-order valence-corrected chi connectivity index (χ0v) is 18.2. The van der Waals surface area contributed by atoms with Crippen molar-refractivity contribution in [1.29, 1.82) is 0 Å². The van der Waals surface area contributed by atoms with Gasteiger partial charge in [-0.05, 0) is 49.1 Å². The number of ether oxygens (including phenoxy) is 2. The molecule has 1 aliphatic heterocycles. The second-order valence-electron chi connectivity index (χ2n) is 7.50. The van der Waals surface area contributed by atoms with Crippen molar-refractivity contribution in [2.45, 2.75) is 36.3 Å². The van der Waals surface area contributed by atoms with E-state index in [0.29, 0.717) is 5.82 Å². The van der Waals surface area contributed by atoms with E-state index in [9.17, 15) is 0 Å². The third kappa shape index (κ3) is 4.29. The molecule has 6 nitrogen and oxygen atoms in total. The Hall–Kier alpha value is -2.90. The van der Waals surface area contributed by atoms with Crippen LogP contribution in [0.4, 0.5) is 0 Å². The Kier molecular flexibility index (Phi) is 5.86. The highest BCUT2D eigenvalue weighted by atomic mass is 32.2. The Balaban J connectivity index is 1.56. The molecule has 1 unspecified atom stereocenters. The first-order chi connectivity index (χ1) is 15.3. The number of rotatable bonds is 6. The van der Waals surface area contributed by atoms with E-state index in [2.05, 4.69) is 33.8 Å². The Morgan fingerprint density at radius 3 is 2.65 bits per heavy atom. The monoisotopic (exact) mass is 432 g/mol. The van der Waals surface area contributed by atoms with Crippen molar-refractivity contribution in [2.75, 3.05) is 13.7 Å². The lowest BCUT2D eigenvalue weighted by molar-refractivity contribution is -0.0298. The normalized spacial score (nSPS) is 16.5. The quantitative estimate of drug-likeness (QED) is 0.296. The molecule has 31 heavy (non-hydrogen) atoms. The average Bonchev–Trinajstić information content (AvgIpc) is 3.28. The van der Waals surface area contributed by atoms with Crippen LogP contribution < -0.4 is 4.74 Å². The summed E-state index contributed by atoms with van der Waals surface area (Å²) in [4.78, 5) is 14.5. The van der Waals surface area contributed by atoms with E-state index < -0.39 is 0 Å². The molecule has 158 valence electrons. The minimum atomic E-state index is -0.0238. The SMILES string of the molecule is COc1ccc(-c2nc(SCc3ccccc3)c3ncn(C4CCCCO4)c3n2)cc1. The molecule has 0 spiro atoms. The van der Waals surface area contributed by atoms with Crippen LogP contribution in [0.25, 0.3) is 22.6 Å². The van der Waals surface area contributed by atoms with E-state index in [0.717, 1.165) is 59.1 Å². The first kappa shape index (κ1) is 20.0. The van der Waals surface area contributed by atoms with E-state index >= 15 is 0 Å². The number of imidazole rings is 1. The second kappa shape index (κ2) is 9.08. The molecular weight excluding hydrogens is 408 g/mol. The molecule has 7 heteroatoms. The zero-order valence-electron chi connectivity index (χ0n) is 17.4. The van der Waals surface area contributed by atoms with Gasteiger partial charge in [-0.1, -0.05) is 42.1 Å². The highest BCUT2D eigenvalue weighted by Gasteiger charge is 2.22. The van der Waals surface area contributed by atoms with Crippen molar-refractivity contribution in [3.8, 4) is 17.1 Å². The van der Waals surface area contributed by atoms with Crippen LogP contribution in [-0.2, 0) is 10.5 Å². The minimum Gasteiger partial charge on any atom is -0.497 e. The molecule has 0 N–H and O–H groups in total. The molecule has 3 heterocycles. The van der Waals surface area contributed by atoms with Gasteiger partial charge in [-0.3, -0.25) is 4.57 Å². The molecule has 4 aromatic rings. The van der Waals surface area contributed by atoms with Gasteiger partial charge in [0.05, 0.1) is 13.4 Å². The van der Waals surface area contributed by atoms with E-state index in [1.165, 1.54) is 5.56 Å². The maximum atomic E-state index is 6.01. The van der Waals surface area contributed by atoms with Gasteiger partial charge in [-0.25, -0.2) is 15.0 Å². The molecule has 1 fully saturated rings. The summed E-state index contributed by atoms with van der Waals surface area (Å²) in [6.45, 7) is 0.774. The lowest BCUT2D eigenvalue weighted by Gasteiger charge is -2.23. The van der Waals surface area contributed by atoms with Gasteiger partial charge in [-0.2, -0.15) is 0 Å². The largest absolute Gasteiger partial charge is 0.497 e. The molecule has 1 aliphatic rings. The summed E-state index contributed by atoms with van der Waals surface area (Å²) in [5.74, 6) is 2.31. The third-order valence-corrected chi connectivity index (χ3v) is 6.46. The van der Waals surface area contributed by atoms with Crippen LogP contribution in [0.3, 0.4) is 0 Å². The van der Waals surface area contributed by atoms with Gasteiger partial charge < -0.3 is 9.47 Å². The van der Waals surface area contributed by atoms with Crippen LogP contribution in [-0.4, -0.2) is 33.2 Å². The molecular formula is C24H24N4O2S. The molecule has 0 bridgehead atoms. The first-order valence-electron chi connectivity index (χ1n) is 10.5. The molecule has 0 radical (unpaired) electrons. The summed E-state index contributed by atoms with van der Waals surface area (Å²) >= 11 is 1.69. The number of fused-ring (bicyclic) bond motifs is 1. The molecule has 5 rings (SSSR count). The average molecular weight is 433 g/mol. The number of nitrogens with zero attached hydrogens (tertiary/aromatic N) is 4. The number of methoxy groups -OCH3 is 1. The second-order valence-corrected chi connectivity index (χ2v) is 8.46. The summed E-state index contributed by atoms with van der Waals surface area (Å²) in [5, 5.41) is 0.884. The molecule has 2 aromatic heterocycles. The van der Waals surface area contributed by atoms with Gasteiger partial charge >= 0.3 is 0 Å². The Labute approximate surface area is 185 Å². The van der Waals surface area contributed by atoms with Crippen LogP contribution >= 0.6 is 11.8 Å². The van der Waals surface area contributed by atoms with Crippen LogP contribution in [0, 0.1) is 0 Å². The van der Waals surface area contributed by atoms with E-state index in [4.69, 9.17) is 19.4 Å². The van der Waals surface area contributed by atoms with Crippen LogP contribution in [0.1, 0.15) is 31.1 Å². The van der Waals surface area contributed by atoms with E-state index in [-0.39, 0.29) is 6.23 Å². The predicted molar refractivity (Wildman–Crippen MR) is 122 cm³/mol. The number of aromatic nitrogens is 4. The highest BCUT2D eigenvalue weighted by molar-refractivity contribution is 7.98. The number of hydrogen-bond donors (Lipinski definition) is 0. The van der Waals surface area contributed by atoms with Crippen LogP contribution in [0.5, 0.6) is 5.75 Å². The molecule has 0 amide bonds. The van der Waals surface area contributed by atoms with E-state index in [1.807, 2.05) is 36.7 Å². The Morgan fingerprint density at radius 1 is 1.06 bits per heavy atom. The van der Waals surface area contributed by atoms with Gasteiger partial charge in [0.2, 0.25) is 0 Å². The minimum absolute atomic E-state index is 0.0238. The number of benzene rings is 2.